The maximum atomic E-state index is 11.0. The summed E-state index contributed by atoms with van der Waals surface area (Å²) in [6.45, 7) is 2.65. The summed E-state index contributed by atoms with van der Waals surface area (Å²) in [5.41, 5.74) is 1.40. The fourth-order valence-corrected chi connectivity index (χ4v) is 1.92. The molecule has 1 atom stereocenters. The van der Waals surface area contributed by atoms with Gasteiger partial charge in [-0.2, -0.15) is 0 Å². The number of carbonyl (C=O) groups excluding carboxylic acids is 1. The Morgan fingerprint density at radius 2 is 2.05 bits per heavy atom. The van der Waals surface area contributed by atoms with Crippen molar-refractivity contribution in [3.05, 3.63) is 29.8 Å². The molecule has 1 unspecified atom stereocenters. The highest BCUT2D eigenvalue weighted by molar-refractivity contribution is 5.88. The summed E-state index contributed by atoms with van der Waals surface area (Å²) in [5, 5.41) is 24.3. The van der Waals surface area contributed by atoms with E-state index in [1.807, 2.05) is 0 Å². The maximum absolute atomic E-state index is 11.0. The van der Waals surface area contributed by atoms with E-state index in [4.69, 9.17) is 5.11 Å². The van der Waals surface area contributed by atoms with Gasteiger partial charge in [-0.1, -0.05) is 12.1 Å². The van der Waals surface area contributed by atoms with E-state index in [2.05, 4.69) is 10.6 Å². The van der Waals surface area contributed by atoms with Crippen molar-refractivity contribution in [3.63, 3.8) is 0 Å². The fraction of sp³-hybridized carbons (Fsp3) is 0.467. The second-order valence-electron chi connectivity index (χ2n) is 4.86. The van der Waals surface area contributed by atoms with E-state index in [1.54, 1.807) is 24.3 Å². The fourth-order valence-electron chi connectivity index (χ4n) is 1.92. The number of carboxylic acid groups (broad SMARTS) is 1. The Bertz CT molecular complexity index is 476. The third kappa shape index (κ3) is 7.43. The highest BCUT2D eigenvalue weighted by atomic mass is 16.4. The Kier molecular flexibility index (Phi) is 7.42. The highest BCUT2D eigenvalue weighted by Crippen LogP contribution is 2.19. The van der Waals surface area contributed by atoms with Crippen LogP contribution in [0.25, 0.3) is 0 Å². The quantitative estimate of drug-likeness (QED) is 0.518. The van der Waals surface area contributed by atoms with Crippen molar-refractivity contribution < 1.29 is 19.8 Å². The summed E-state index contributed by atoms with van der Waals surface area (Å²) in [7, 11) is 0. The van der Waals surface area contributed by atoms with Gasteiger partial charge in [0, 0.05) is 19.0 Å². The van der Waals surface area contributed by atoms with E-state index >= 15 is 0 Å². The first-order chi connectivity index (χ1) is 9.99. The lowest BCUT2D eigenvalue weighted by Crippen LogP contribution is -2.19. The number of nitrogens with one attached hydrogen (secondary N) is 2. The Balaban J connectivity index is 2.33. The average Bonchev–Trinajstić information content (AvgIpc) is 2.41. The van der Waals surface area contributed by atoms with Crippen molar-refractivity contribution in [2.45, 2.75) is 32.3 Å². The molecular weight excluding hydrogens is 272 g/mol. The van der Waals surface area contributed by atoms with Gasteiger partial charge < -0.3 is 20.8 Å². The summed E-state index contributed by atoms with van der Waals surface area (Å²) < 4.78 is 0. The van der Waals surface area contributed by atoms with E-state index in [0.29, 0.717) is 31.6 Å². The number of hydrogen-bond acceptors (Lipinski definition) is 4. The topological polar surface area (TPSA) is 98.7 Å². The smallest absolute Gasteiger partial charge is 0.303 e. The Morgan fingerprint density at radius 1 is 1.29 bits per heavy atom. The SMILES string of the molecule is CC(=O)Nc1cccc(C(O)CCNCCCC(=O)O)c1. The molecule has 0 saturated carbocycles. The number of benzene rings is 1. The molecule has 0 heterocycles. The van der Waals surface area contributed by atoms with Crippen molar-refractivity contribution in [2.24, 2.45) is 0 Å². The van der Waals surface area contributed by atoms with Crippen molar-refractivity contribution in [2.75, 3.05) is 18.4 Å². The molecule has 6 heteroatoms. The normalized spacial score (nSPS) is 11.9. The predicted molar refractivity (Wildman–Crippen MR) is 80.1 cm³/mol. The number of anilines is 1. The van der Waals surface area contributed by atoms with Gasteiger partial charge >= 0.3 is 5.97 Å². The van der Waals surface area contributed by atoms with Crippen LogP contribution in [0.1, 0.15) is 37.9 Å². The molecule has 21 heavy (non-hydrogen) atoms. The van der Waals surface area contributed by atoms with Crippen molar-refractivity contribution >= 4 is 17.6 Å². The van der Waals surface area contributed by atoms with Gasteiger partial charge in [-0.3, -0.25) is 9.59 Å². The van der Waals surface area contributed by atoms with E-state index in [0.717, 1.165) is 5.56 Å². The van der Waals surface area contributed by atoms with E-state index in [9.17, 15) is 14.7 Å². The van der Waals surface area contributed by atoms with Crippen LogP contribution in [0.2, 0.25) is 0 Å². The van der Waals surface area contributed by atoms with Gasteiger partial charge in [0.2, 0.25) is 5.91 Å². The third-order valence-electron chi connectivity index (χ3n) is 2.93. The lowest BCUT2D eigenvalue weighted by molar-refractivity contribution is -0.137. The molecule has 6 nitrogen and oxygen atoms in total. The van der Waals surface area contributed by atoms with E-state index in [1.165, 1.54) is 6.92 Å². The van der Waals surface area contributed by atoms with Crippen LogP contribution in [0.5, 0.6) is 0 Å². The summed E-state index contributed by atoms with van der Waals surface area (Å²) in [4.78, 5) is 21.3. The Hall–Kier alpha value is -1.92. The molecule has 0 saturated heterocycles. The molecule has 0 aliphatic rings. The van der Waals surface area contributed by atoms with Gasteiger partial charge in [0.05, 0.1) is 6.10 Å². The summed E-state index contributed by atoms with van der Waals surface area (Å²) in [6, 6.07) is 7.10. The molecule has 0 spiro atoms. The van der Waals surface area contributed by atoms with Crippen LogP contribution < -0.4 is 10.6 Å². The number of hydrogen-bond donors (Lipinski definition) is 4. The molecule has 0 fully saturated rings. The minimum Gasteiger partial charge on any atom is -0.481 e. The van der Waals surface area contributed by atoms with Crippen molar-refractivity contribution in [1.29, 1.82) is 0 Å². The Labute approximate surface area is 124 Å². The third-order valence-corrected chi connectivity index (χ3v) is 2.93. The molecular formula is C15H22N2O4. The van der Waals surface area contributed by atoms with Crippen LogP contribution in [0.4, 0.5) is 5.69 Å². The number of carboxylic acids is 1. The number of aliphatic hydroxyl groups is 1. The van der Waals surface area contributed by atoms with Crippen LogP contribution in [0.3, 0.4) is 0 Å². The van der Waals surface area contributed by atoms with Crippen LogP contribution in [-0.4, -0.2) is 35.2 Å². The first-order valence-corrected chi connectivity index (χ1v) is 6.97. The van der Waals surface area contributed by atoms with Gasteiger partial charge in [-0.25, -0.2) is 0 Å². The molecule has 0 aliphatic carbocycles. The average molecular weight is 294 g/mol. The molecule has 0 bridgehead atoms. The zero-order valence-electron chi connectivity index (χ0n) is 12.1. The zero-order chi connectivity index (χ0) is 15.7. The van der Waals surface area contributed by atoms with Gasteiger partial charge in [-0.05, 0) is 43.6 Å². The molecule has 0 aromatic heterocycles. The number of aliphatic hydroxyl groups excluding tert-OH is 1. The van der Waals surface area contributed by atoms with Gasteiger partial charge in [0.25, 0.3) is 0 Å². The van der Waals surface area contributed by atoms with E-state index in [-0.39, 0.29) is 12.3 Å². The van der Waals surface area contributed by atoms with E-state index < -0.39 is 12.1 Å². The Morgan fingerprint density at radius 3 is 2.71 bits per heavy atom. The molecule has 0 aliphatic heterocycles. The number of rotatable bonds is 9. The molecule has 0 radical (unpaired) electrons. The standard InChI is InChI=1S/C15H22N2O4/c1-11(18)17-13-5-2-4-12(10-13)14(19)7-9-16-8-3-6-15(20)21/h2,4-5,10,14,16,19H,3,6-9H2,1H3,(H,17,18)(H,20,21). The van der Waals surface area contributed by atoms with Crippen LogP contribution >= 0.6 is 0 Å². The zero-order valence-corrected chi connectivity index (χ0v) is 12.1. The lowest BCUT2D eigenvalue weighted by atomic mass is 10.1. The van der Waals surface area contributed by atoms with Crippen molar-refractivity contribution in [1.82, 2.24) is 5.32 Å². The monoisotopic (exact) mass is 294 g/mol. The highest BCUT2D eigenvalue weighted by Gasteiger charge is 2.08. The molecule has 116 valence electrons. The van der Waals surface area contributed by atoms with Gasteiger partial charge in [0.15, 0.2) is 0 Å². The second-order valence-corrected chi connectivity index (χ2v) is 4.86. The number of amides is 1. The van der Waals surface area contributed by atoms with Gasteiger partial charge in [-0.15, -0.1) is 0 Å². The largest absolute Gasteiger partial charge is 0.481 e. The lowest BCUT2D eigenvalue weighted by Gasteiger charge is -2.13. The first-order valence-electron chi connectivity index (χ1n) is 6.97. The van der Waals surface area contributed by atoms with Gasteiger partial charge in [0.1, 0.15) is 0 Å². The summed E-state index contributed by atoms with van der Waals surface area (Å²) >= 11 is 0. The molecule has 4 N–H and O–H groups in total. The molecule has 1 rings (SSSR count). The van der Waals surface area contributed by atoms with Crippen LogP contribution in [0.15, 0.2) is 24.3 Å². The van der Waals surface area contributed by atoms with Crippen LogP contribution in [-0.2, 0) is 9.59 Å². The van der Waals surface area contributed by atoms with Crippen LogP contribution in [0, 0.1) is 0 Å². The summed E-state index contributed by atoms with van der Waals surface area (Å²) in [5.74, 6) is -0.951. The molecule has 1 aromatic carbocycles. The minimum absolute atomic E-state index is 0.147. The maximum Gasteiger partial charge on any atom is 0.303 e. The first kappa shape index (κ1) is 17.1. The summed E-state index contributed by atoms with van der Waals surface area (Å²) in [6.07, 6.45) is 0.625. The predicted octanol–water partition coefficient (Wildman–Crippen LogP) is 1.52. The van der Waals surface area contributed by atoms with Crippen molar-refractivity contribution in [3.8, 4) is 0 Å². The molecule has 1 amide bonds. The number of aliphatic carboxylic acids is 1. The molecule has 1 aromatic rings. The second kappa shape index (κ2) is 9.10. The minimum atomic E-state index is -0.799. The number of carbonyl (C=O) groups is 2.